The maximum absolute atomic E-state index is 5.90. The Morgan fingerprint density at radius 1 is 1.07 bits per heavy atom. The van der Waals surface area contributed by atoms with E-state index >= 15 is 0 Å². The molecule has 0 spiro atoms. The molecule has 0 saturated heterocycles. The number of benzene rings is 2. The molecule has 1 aliphatic carbocycles. The van der Waals surface area contributed by atoms with Gasteiger partial charge in [-0.25, -0.2) is 5.10 Å². The minimum atomic E-state index is 0.424. The van der Waals surface area contributed by atoms with Crippen LogP contribution in [0.3, 0.4) is 0 Å². The topological polar surface area (TPSA) is 83.9 Å². The minimum Gasteiger partial charge on any atom is -0.489 e. The Kier molecular flexibility index (Phi) is 4.98. The number of hydrogen-bond donors (Lipinski definition) is 2. The lowest BCUT2D eigenvalue weighted by molar-refractivity contribution is 0.306. The van der Waals surface area contributed by atoms with Crippen molar-refractivity contribution in [3.8, 4) is 17.3 Å². The van der Waals surface area contributed by atoms with E-state index in [0.29, 0.717) is 17.2 Å². The number of nitrogens with zero attached hydrogens (tertiary/aromatic N) is 4. The Hall–Kier alpha value is -3.52. The number of fused-ring (bicyclic) bond motifs is 1. The maximum Gasteiger partial charge on any atom is 0.216 e. The Balaban J connectivity index is 1.37. The van der Waals surface area contributed by atoms with Crippen LogP contribution < -0.4 is 4.74 Å². The molecule has 8 heteroatoms. The van der Waals surface area contributed by atoms with E-state index in [4.69, 9.17) is 17.0 Å². The first kappa shape index (κ1) is 18.5. The number of H-pyrrole nitrogens is 2. The van der Waals surface area contributed by atoms with Crippen molar-refractivity contribution in [2.24, 2.45) is 5.10 Å². The van der Waals surface area contributed by atoms with Gasteiger partial charge in [-0.3, -0.25) is 5.10 Å². The number of ether oxygens (including phenoxy) is 1. The van der Waals surface area contributed by atoms with Crippen molar-refractivity contribution in [1.29, 1.82) is 0 Å². The first-order chi connectivity index (χ1) is 14.8. The molecule has 2 N–H and O–H groups in total. The molecule has 150 valence electrons. The molecule has 1 aliphatic rings. The number of hydrogen-bond acceptors (Lipinski definition) is 5. The van der Waals surface area contributed by atoms with Crippen LogP contribution >= 0.6 is 12.2 Å². The number of aryl methyl sites for hydroxylation is 1. The summed E-state index contributed by atoms with van der Waals surface area (Å²) in [6.45, 7) is 0.517. The molecule has 2 heterocycles. The fourth-order valence-electron chi connectivity index (χ4n) is 3.61. The molecule has 0 bridgehead atoms. The van der Waals surface area contributed by atoms with Crippen molar-refractivity contribution >= 4 is 18.4 Å². The van der Waals surface area contributed by atoms with Crippen LogP contribution in [-0.4, -0.2) is 31.3 Å². The van der Waals surface area contributed by atoms with E-state index in [0.717, 1.165) is 41.8 Å². The van der Waals surface area contributed by atoms with E-state index in [-0.39, 0.29) is 0 Å². The Morgan fingerprint density at radius 2 is 1.97 bits per heavy atom. The number of nitrogens with one attached hydrogen (secondary N) is 2. The molecule has 0 radical (unpaired) electrons. The lowest BCUT2D eigenvalue weighted by atomic mass is 10.2. The second-order valence-corrected chi connectivity index (χ2v) is 7.53. The largest absolute Gasteiger partial charge is 0.489 e. The van der Waals surface area contributed by atoms with E-state index in [1.165, 1.54) is 11.3 Å². The smallest absolute Gasteiger partial charge is 0.216 e. The average molecular weight is 417 g/mol. The Morgan fingerprint density at radius 3 is 2.87 bits per heavy atom. The average Bonchev–Trinajstić information content (AvgIpc) is 3.48. The van der Waals surface area contributed by atoms with Crippen molar-refractivity contribution < 1.29 is 4.74 Å². The first-order valence-electron chi connectivity index (χ1n) is 9.83. The molecule has 0 atom stereocenters. The third-order valence-electron chi connectivity index (χ3n) is 5.10. The van der Waals surface area contributed by atoms with Gasteiger partial charge in [-0.1, -0.05) is 42.5 Å². The van der Waals surface area contributed by atoms with Gasteiger partial charge in [0.2, 0.25) is 10.6 Å². The van der Waals surface area contributed by atoms with Crippen LogP contribution in [0.5, 0.6) is 5.75 Å². The molecule has 5 rings (SSSR count). The number of rotatable bonds is 6. The molecular weight excluding hydrogens is 396 g/mol. The van der Waals surface area contributed by atoms with Crippen LogP contribution in [0.15, 0.2) is 59.7 Å². The minimum absolute atomic E-state index is 0.424. The van der Waals surface area contributed by atoms with Crippen LogP contribution in [0.4, 0.5) is 0 Å². The third kappa shape index (κ3) is 3.69. The van der Waals surface area contributed by atoms with E-state index in [2.05, 4.69) is 25.5 Å². The number of aromatic nitrogens is 5. The molecule has 4 aromatic rings. The van der Waals surface area contributed by atoms with Gasteiger partial charge in [-0.15, -0.1) is 0 Å². The fourth-order valence-corrected chi connectivity index (χ4v) is 3.79. The van der Waals surface area contributed by atoms with Gasteiger partial charge in [0.1, 0.15) is 18.1 Å². The molecular formula is C22H20N6OS. The molecule has 0 amide bonds. The zero-order chi connectivity index (χ0) is 20.3. The quantitative estimate of drug-likeness (QED) is 0.363. The second-order valence-electron chi connectivity index (χ2n) is 7.14. The monoisotopic (exact) mass is 416 g/mol. The molecule has 2 aromatic heterocycles. The summed E-state index contributed by atoms with van der Waals surface area (Å²) in [5.41, 5.74) is 5.22. The van der Waals surface area contributed by atoms with Gasteiger partial charge in [-0.05, 0) is 54.7 Å². The van der Waals surface area contributed by atoms with Crippen LogP contribution in [0.2, 0.25) is 0 Å². The molecule has 7 nitrogen and oxygen atoms in total. The van der Waals surface area contributed by atoms with E-state index < -0.39 is 0 Å². The Bertz CT molecular complexity index is 1250. The maximum atomic E-state index is 5.90. The second kappa shape index (κ2) is 8.08. The van der Waals surface area contributed by atoms with Gasteiger partial charge < -0.3 is 4.74 Å². The normalized spacial score (nSPS) is 13.1. The summed E-state index contributed by atoms with van der Waals surface area (Å²) in [6, 6.07) is 17.9. The van der Waals surface area contributed by atoms with Crippen molar-refractivity contribution in [3.63, 3.8) is 0 Å². The molecule has 30 heavy (non-hydrogen) atoms. The predicted octanol–water partition coefficient (Wildman–Crippen LogP) is 4.28. The predicted molar refractivity (Wildman–Crippen MR) is 117 cm³/mol. The zero-order valence-electron chi connectivity index (χ0n) is 16.2. The molecule has 2 aromatic carbocycles. The van der Waals surface area contributed by atoms with E-state index in [9.17, 15) is 0 Å². The standard InChI is InChI=1S/C22H20N6OS/c30-22-27-26-21(20-18-10-5-11-19(18)24-25-20)28(22)23-13-16-8-4-9-17(12-16)29-14-15-6-2-1-3-7-15/h1-4,6-9,12-13H,5,10-11,14H2,(H,24,25)(H,27,30)/b23-13+. The summed E-state index contributed by atoms with van der Waals surface area (Å²) < 4.78 is 7.94. The van der Waals surface area contributed by atoms with Gasteiger partial charge in [0.25, 0.3) is 0 Å². The van der Waals surface area contributed by atoms with Crippen LogP contribution in [-0.2, 0) is 19.4 Å². The zero-order valence-corrected chi connectivity index (χ0v) is 17.0. The van der Waals surface area contributed by atoms with E-state index in [1.54, 1.807) is 10.9 Å². The molecule has 0 unspecified atom stereocenters. The highest BCUT2D eigenvalue weighted by Crippen LogP contribution is 2.29. The van der Waals surface area contributed by atoms with Crippen molar-refractivity contribution in [2.75, 3.05) is 0 Å². The lowest BCUT2D eigenvalue weighted by Gasteiger charge is -2.06. The molecule has 0 saturated carbocycles. The van der Waals surface area contributed by atoms with Crippen LogP contribution in [0, 0.1) is 4.77 Å². The van der Waals surface area contributed by atoms with E-state index in [1.807, 2.05) is 54.6 Å². The highest BCUT2D eigenvalue weighted by Gasteiger charge is 2.23. The third-order valence-corrected chi connectivity index (χ3v) is 5.36. The highest BCUT2D eigenvalue weighted by atomic mass is 32.1. The highest BCUT2D eigenvalue weighted by molar-refractivity contribution is 7.71. The van der Waals surface area contributed by atoms with Crippen LogP contribution in [0.25, 0.3) is 11.5 Å². The van der Waals surface area contributed by atoms with Crippen molar-refractivity contribution in [1.82, 2.24) is 25.1 Å². The Labute approximate surface area is 178 Å². The van der Waals surface area contributed by atoms with Gasteiger partial charge in [0.15, 0.2) is 0 Å². The van der Waals surface area contributed by atoms with Gasteiger partial charge in [-0.2, -0.15) is 20.0 Å². The van der Waals surface area contributed by atoms with Gasteiger partial charge in [0.05, 0.1) is 6.21 Å². The fraction of sp³-hybridized carbons (Fsp3) is 0.182. The summed E-state index contributed by atoms with van der Waals surface area (Å²) >= 11 is 5.38. The summed E-state index contributed by atoms with van der Waals surface area (Å²) in [7, 11) is 0. The summed E-state index contributed by atoms with van der Waals surface area (Å²) in [5.74, 6) is 1.40. The van der Waals surface area contributed by atoms with Gasteiger partial charge >= 0.3 is 0 Å². The molecule has 0 aliphatic heterocycles. The van der Waals surface area contributed by atoms with Crippen molar-refractivity contribution in [3.05, 3.63) is 81.8 Å². The molecule has 0 fully saturated rings. The first-order valence-corrected chi connectivity index (χ1v) is 10.2. The SMILES string of the molecule is S=c1[nH]nc(-c2n[nH]c3c2CCC3)n1/N=C/c1cccc(OCc2ccccc2)c1. The van der Waals surface area contributed by atoms with Crippen LogP contribution in [0.1, 0.15) is 28.8 Å². The van der Waals surface area contributed by atoms with Crippen molar-refractivity contribution in [2.45, 2.75) is 25.9 Å². The summed E-state index contributed by atoms with van der Waals surface area (Å²) in [4.78, 5) is 0. The lowest BCUT2D eigenvalue weighted by Crippen LogP contribution is -1.98. The number of aromatic amines is 2. The summed E-state index contributed by atoms with van der Waals surface area (Å²) in [6.07, 6.45) is 4.88. The van der Waals surface area contributed by atoms with Gasteiger partial charge in [0, 0.05) is 11.3 Å². The summed E-state index contributed by atoms with van der Waals surface area (Å²) in [5, 5.41) is 19.3.